The Labute approximate surface area is 160 Å². The first-order valence-electron chi connectivity index (χ1n) is 8.03. The van der Waals surface area contributed by atoms with Crippen molar-refractivity contribution in [3.63, 3.8) is 0 Å². The number of pyridine rings is 1. The number of hydrogen-bond donors (Lipinski definition) is 2. The van der Waals surface area contributed by atoms with E-state index in [0.29, 0.717) is 28.7 Å². The van der Waals surface area contributed by atoms with E-state index in [2.05, 4.69) is 20.4 Å². The van der Waals surface area contributed by atoms with Gasteiger partial charge in [-0.15, -0.1) is 12.4 Å². The summed E-state index contributed by atoms with van der Waals surface area (Å²) in [4.78, 5) is 21.2. The molecular weight excluding hydrogens is 368 g/mol. The number of anilines is 1. The topological polar surface area (TPSA) is 111 Å². The molecule has 0 radical (unpaired) electrons. The molecule has 0 spiro atoms. The summed E-state index contributed by atoms with van der Waals surface area (Å²) in [6.07, 6.45) is 3.35. The number of benzene rings is 1. The van der Waals surface area contributed by atoms with Gasteiger partial charge in [0.15, 0.2) is 0 Å². The van der Waals surface area contributed by atoms with Crippen LogP contribution in [0.15, 0.2) is 53.3 Å². The fourth-order valence-corrected chi connectivity index (χ4v) is 2.64. The second kappa shape index (κ2) is 7.56. The molecule has 3 N–H and O–H groups in total. The van der Waals surface area contributed by atoms with E-state index in [9.17, 15) is 4.79 Å². The molecule has 0 aliphatic heterocycles. The molecule has 4 rings (SSSR count). The van der Waals surface area contributed by atoms with Crippen LogP contribution in [0.2, 0.25) is 0 Å². The van der Waals surface area contributed by atoms with Crippen molar-refractivity contribution in [1.29, 1.82) is 0 Å². The van der Waals surface area contributed by atoms with Crippen LogP contribution in [0.25, 0.3) is 17.0 Å². The van der Waals surface area contributed by atoms with E-state index in [1.54, 1.807) is 16.8 Å². The number of amides is 1. The number of rotatable bonds is 4. The number of nitrogens with two attached hydrogens (primary N) is 1. The number of nitrogens with zero attached hydrogens (tertiary/aromatic N) is 4. The van der Waals surface area contributed by atoms with Crippen molar-refractivity contribution >= 4 is 29.6 Å². The number of hydrogen-bond acceptors (Lipinski definition) is 6. The van der Waals surface area contributed by atoms with Gasteiger partial charge in [-0.05, 0) is 30.7 Å². The molecule has 4 aromatic rings. The fraction of sp³-hybridized carbons (Fsp3) is 0.111. The Morgan fingerprint density at radius 1 is 1.30 bits per heavy atom. The highest BCUT2D eigenvalue weighted by Gasteiger charge is 2.15. The van der Waals surface area contributed by atoms with Gasteiger partial charge in [0.2, 0.25) is 11.7 Å². The highest BCUT2D eigenvalue weighted by molar-refractivity contribution is 6.04. The monoisotopic (exact) mass is 384 g/mol. The van der Waals surface area contributed by atoms with Crippen molar-refractivity contribution in [1.82, 2.24) is 19.5 Å². The summed E-state index contributed by atoms with van der Waals surface area (Å²) in [7, 11) is 0. The fourth-order valence-electron chi connectivity index (χ4n) is 2.64. The highest BCUT2D eigenvalue weighted by Crippen LogP contribution is 2.24. The quantitative estimate of drug-likeness (QED) is 0.559. The van der Waals surface area contributed by atoms with Gasteiger partial charge in [-0.2, -0.15) is 4.98 Å². The minimum absolute atomic E-state index is 0. The van der Waals surface area contributed by atoms with Crippen LogP contribution in [0.1, 0.15) is 21.9 Å². The van der Waals surface area contributed by atoms with Gasteiger partial charge in [0.05, 0.1) is 12.7 Å². The molecule has 0 saturated carbocycles. The van der Waals surface area contributed by atoms with Gasteiger partial charge < -0.3 is 15.6 Å². The molecule has 0 bridgehead atoms. The number of imidazole rings is 1. The summed E-state index contributed by atoms with van der Waals surface area (Å²) in [6, 6.07) is 11.1. The number of fused-ring (bicyclic) bond motifs is 1. The number of carbonyl (C=O) groups excluding carboxylic acids is 1. The summed E-state index contributed by atoms with van der Waals surface area (Å²) in [5, 5.41) is 6.83. The predicted molar refractivity (Wildman–Crippen MR) is 103 cm³/mol. The average molecular weight is 385 g/mol. The van der Waals surface area contributed by atoms with E-state index in [0.717, 1.165) is 11.1 Å². The van der Waals surface area contributed by atoms with Gasteiger partial charge >= 0.3 is 0 Å². The second-order valence-electron chi connectivity index (χ2n) is 5.77. The van der Waals surface area contributed by atoms with Crippen LogP contribution in [0, 0.1) is 6.92 Å². The van der Waals surface area contributed by atoms with Gasteiger partial charge in [0.1, 0.15) is 11.3 Å². The lowest BCUT2D eigenvalue weighted by molar-refractivity contribution is 0.102. The highest BCUT2D eigenvalue weighted by atomic mass is 35.5. The van der Waals surface area contributed by atoms with E-state index >= 15 is 0 Å². The lowest BCUT2D eigenvalue weighted by Crippen LogP contribution is -2.15. The molecule has 1 amide bonds. The zero-order valence-corrected chi connectivity index (χ0v) is 15.2. The van der Waals surface area contributed by atoms with Gasteiger partial charge in [0.25, 0.3) is 5.91 Å². The van der Waals surface area contributed by atoms with Crippen LogP contribution in [0.5, 0.6) is 0 Å². The Morgan fingerprint density at radius 2 is 2.15 bits per heavy atom. The smallest absolute Gasteiger partial charge is 0.274 e. The van der Waals surface area contributed by atoms with E-state index in [1.807, 2.05) is 43.3 Å². The molecule has 0 unspecified atom stereocenters. The first-order valence-corrected chi connectivity index (χ1v) is 8.03. The molecule has 3 heterocycles. The first kappa shape index (κ1) is 18.6. The van der Waals surface area contributed by atoms with Crippen LogP contribution in [-0.4, -0.2) is 25.4 Å². The molecule has 9 heteroatoms. The largest absolute Gasteiger partial charge is 0.338 e. The van der Waals surface area contributed by atoms with Crippen LogP contribution in [0.3, 0.4) is 0 Å². The zero-order chi connectivity index (χ0) is 18.1. The van der Waals surface area contributed by atoms with Crippen molar-refractivity contribution in [2.75, 3.05) is 5.32 Å². The third-order valence-corrected chi connectivity index (χ3v) is 4.04. The summed E-state index contributed by atoms with van der Waals surface area (Å²) >= 11 is 0. The number of halogens is 1. The number of aromatic nitrogens is 4. The van der Waals surface area contributed by atoms with Gasteiger partial charge in [-0.25, -0.2) is 4.98 Å². The Morgan fingerprint density at radius 3 is 2.93 bits per heavy atom. The molecule has 27 heavy (non-hydrogen) atoms. The van der Waals surface area contributed by atoms with E-state index in [-0.39, 0.29) is 24.9 Å². The average Bonchev–Trinajstić information content (AvgIpc) is 3.30. The minimum Gasteiger partial charge on any atom is -0.338 e. The SMILES string of the molecule is Cc1ccc(-c2noc(CN)n2)cc1NC(=O)c1cnc2ccccn12.Cl. The molecule has 0 aliphatic carbocycles. The molecule has 0 saturated heterocycles. The molecule has 8 nitrogen and oxygen atoms in total. The van der Waals surface area contributed by atoms with Gasteiger partial charge in [-0.1, -0.05) is 23.4 Å². The third kappa shape index (κ3) is 3.53. The van der Waals surface area contributed by atoms with E-state index < -0.39 is 0 Å². The van der Waals surface area contributed by atoms with Crippen molar-refractivity contribution in [3.05, 3.63) is 65.9 Å². The maximum Gasteiger partial charge on any atom is 0.274 e. The summed E-state index contributed by atoms with van der Waals surface area (Å²) in [5.41, 5.74) is 8.97. The van der Waals surface area contributed by atoms with Crippen molar-refractivity contribution < 1.29 is 9.32 Å². The van der Waals surface area contributed by atoms with E-state index in [1.165, 1.54) is 0 Å². The maximum atomic E-state index is 12.7. The molecule has 0 fully saturated rings. The summed E-state index contributed by atoms with van der Waals surface area (Å²) < 4.78 is 6.78. The van der Waals surface area contributed by atoms with Crippen molar-refractivity contribution in [2.24, 2.45) is 5.73 Å². The van der Waals surface area contributed by atoms with Crippen LogP contribution < -0.4 is 11.1 Å². The van der Waals surface area contributed by atoms with Crippen LogP contribution >= 0.6 is 12.4 Å². The number of nitrogens with one attached hydrogen (secondary N) is 1. The summed E-state index contributed by atoms with van der Waals surface area (Å²) in [6.45, 7) is 2.09. The normalized spacial score (nSPS) is 10.6. The minimum atomic E-state index is -0.250. The lowest BCUT2D eigenvalue weighted by Gasteiger charge is -2.09. The Kier molecular flexibility index (Phi) is 5.20. The summed E-state index contributed by atoms with van der Waals surface area (Å²) in [5.74, 6) is 0.535. The predicted octanol–water partition coefficient (Wildman–Crippen LogP) is 2.83. The Hall–Kier alpha value is -3.23. The molecule has 1 aromatic carbocycles. The molecule has 3 aromatic heterocycles. The molecular formula is C18H17ClN6O2. The molecule has 0 atom stereocenters. The molecule has 138 valence electrons. The first-order chi connectivity index (χ1) is 12.7. The zero-order valence-electron chi connectivity index (χ0n) is 14.4. The Bertz CT molecular complexity index is 1100. The Balaban J connectivity index is 0.00000210. The van der Waals surface area contributed by atoms with Crippen molar-refractivity contribution in [2.45, 2.75) is 13.5 Å². The third-order valence-electron chi connectivity index (χ3n) is 4.04. The lowest BCUT2D eigenvalue weighted by atomic mass is 10.1. The standard InChI is InChI=1S/C18H16N6O2.ClH/c1-11-5-6-12(17-22-16(9-19)26-23-17)8-13(11)21-18(25)14-10-20-15-4-2-3-7-24(14)15;/h2-8,10H,9,19H2,1H3,(H,21,25);1H. The number of carbonyl (C=O) groups is 1. The van der Waals surface area contributed by atoms with Gasteiger partial charge in [-0.3, -0.25) is 9.20 Å². The molecule has 0 aliphatic rings. The van der Waals surface area contributed by atoms with Gasteiger partial charge in [0, 0.05) is 17.4 Å². The number of aryl methyl sites for hydroxylation is 1. The van der Waals surface area contributed by atoms with E-state index in [4.69, 9.17) is 10.3 Å². The second-order valence-corrected chi connectivity index (χ2v) is 5.77. The van der Waals surface area contributed by atoms with Crippen molar-refractivity contribution in [3.8, 4) is 11.4 Å². The maximum absolute atomic E-state index is 12.7. The van der Waals surface area contributed by atoms with Crippen LogP contribution in [-0.2, 0) is 6.54 Å². The van der Waals surface area contributed by atoms with Crippen LogP contribution in [0.4, 0.5) is 5.69 Å².